The Labute approximate surface area is 97.8 Å². The number of anilines is 1. The van der Waals surface area contributed by atoms with Crippen LogP contribution in [0.1, 0.15) is 5.56 Å². The zero-order chi connectivity index (χ0) is 9.97. The van der Waals surface area contributed by atoms with E-state index in [1.807, 2.05) is 6.92 Å². The summed E-state index contributed by atoms with van der Waals surface area (Å²) in [4.78, 5) is 2.29. The molecule has 0 aliphatic carbocycles. The quantitative estimate of drug-likeness (QED) is 0.577. The summed E-state index contributed by atoms with van der Waals surface area (Å²) in [5, 5.41) is 8.11. The number of hydrogen-bond donors (Lipinski definition) is 0. The van der Waals surface area contributed by atoms with Crippen LogP contribution in [-0.2, 0) is 0 Å². The van der Waals surface area contributed by atoms with E-state index >= 15 is 0 Å². The number of nitrogens with zero attached hydrogens (tertiary/aromatic N) is 4. The number of halogens is 1. The van der Waals surface area contributed by atoms with Crippen molar-refractivity contribution in [3.05, 3.63) is 17.8 Å². The number of aryl methyl sites for hydroxylation is 1. The van der Waals surface area contributed by atoms with Crippen molar-refractivity contribution in [1.82, 2.24) is 13.3 Å². The van der Waals surface area contributed by atoms with Crippen LogP contribution in [-0.4, -0.2) is 39.5 Å². The molecule has 1 saturated heterocycles. The van der Waals surface area contributed by atoms with Gasteiger partial charge in [-0.15, -0.1) is 5.10 Å². The lowest BCUT2D eigenvalue weighted by atomic mass is 10.3. The van der Waals surface area contributed by atoms with Crippen molar-refractivity contribution in [2.24, 2.45) is 0 Å². The molecule has 5 heteroatoms. The largest absolute Gasteiger partial charge is 0.352 e. The Morgan fingerprint density at radius 1 is 1.29 bits per heavy atom. The Hall–Kier alpha value is -0.430. The molecule has 1 aromatic heterocycles. The van der Waals surface area contributed by atoms with Gasteiger partial charge in [-0.2, -0.15) is 5.10 Å². The lowest BCUT2D eigenvalue weighted by Gasteiger charge is -2.31. The topological polar surface area (TPSA) is 32.3 Å². The van der Waals surface area contributed by atoms with Gasteiger partial charge in [0.05, 0.1) is 6.20 Å². The van der Waals surface area contributed by atoms with E-state index in [2.05, 4.69) is 47.1 Å². The third-order valence-corrected chi connectivity index (χ3v) is 3.29. The Balaban J connectivity index is 2.08. The number of aromatic nitrogens is 2. The van der Waals surface area contributed by atoms with Crippen LogP contribution in [0.4, 0.5) is 5.82 Å². The molecule has 0 saturated carbocycles. The van der Waals surface area contributed by atoms with Gasteiger partial charge in [0.1, 0.15) is 0 Å². The SMILES string of the molecule is Cc1cnnc(N2CCN(I)CC2)c1. The Bertz CT molecular complexity index is 309. The zero-order valence-corrected chi connectivity index (χ0v) is 10.3. The van der Waals surface area contributed by atoms with E-state index in [1.165, 1.54) is 5.56 Å². The molecule has 0 spiro atoms. The Morgan fingerprint density at radius 3 is 2.64 bits per heavy atom. The van der Waals surface area contributed by atoms with Gasteiger partial charge in [-0.1, -0.05) is 0 Å². The summed E-state index contributed by atoms with van der Waals surface area (Å²) in [5.41, 5.74) is 1.17. The maximum atomic E-state index is 4.14. The molecule has 2 heterocycles. The first-order valence-electron chi connectivity index (χ1n) is 4.71. The summed E-state index contributed by atoms with van der Waals surface area (Å²) < 4.78 is 2.30. The van der Waals surface area contributed by atoms with E-state index in [9.17, 15) is 0 Å². The lowest BCUT2D eigenvalue weighted by Crippen LogP contribution is -2.42. The molecule has 2 rings (SSSR count). The fraction of sp³-hybridized carbons (Fsp3) is 0.556. The molecule has 14 heavy (non-hydrogen) atoms. The van der Waals surface area contributed by atoms with Gasteiger partial charge >= 0.3 is 0 Å². The minimum atomic E-state index is 1.01. The van der Waals surface area contributed by atoms with Gasteiger partial charge in [0, 0.05) is 49.0 Å². The summed E-state index contributed by atoms with van der Waals surface area (Å²) in [6.07, 6.45) is 1.79. The third kappa shape index (κ3) is 2.33. The van der Waals surface area contributed by atoms with Crippen LogP contribution >= 0.6 is 22.9 Å². The van der Waals surface area contributed by atoms with Gasteiger partial charge in [-0.3, -0.25) is 0 Å². The molecule has 1 fully saturated rings. The standard InChI is InChI=1S/C9H13IN4/c1-8-6-9(12-11-7-8)13-2-4-14(10)5-3-13/h6-7H,2-5H2,1H3. The molecule has 76 valence electrons. The minimum Gasteiger partial charge on any atom is -0.352 e. The summed E-state index contributed by atoms with van der Waals surface area (Å²) in [7, 11) is 0. The second-order valence-corrected chi connectivity index (χ2v) is 4.85. The van der Waals surface area contributed by atoms with Crippen molar-refractivity contribution < 1.29 is 0 Å². The predicted octanol–water partition coefficient (Wildman–Crippen LogP) is 1.26. The zero-order valence-electron chi connectivity index (χ0n) is 8.15. The first kappa shape index (κ1) is 10.1. The molecule has 0 amide bonds. The molecular weight excluding hydrogens is 291 g/mol. The summed E-state index contributed by atoms with van der Waals surface area (Å²) in [6, 6.07) is 2.09. The Kier molecular flexibility index (Phi) is 3.17. The number of piperazine rings is 1. The molecule has 0 unspecified atom stereocenters. The predicted molar refractivity (Wildman–Crippen MR) is 64.6 cm³/mol. The van der Waals surface area contributed by atoms with Gasteiger partial charge in [0.15, 0.2) is 5.82 Å². The minimum absolute atomic E-state index is 1.01. The molecule has 1 aromatic rings. The smallest absolute Gasteiger partial charge is 0.151 e. The summed E-state index contributed by atoms with van der Waals surface area (Å²) in [6.45, 7) is 6.32. The fourth-order valence-corrected chi connectivity index (χ4v) is 1.95. The van der Waals surface area contributed by atoms with Crippen molar-refractivity contribution in [3.8, 4) is 0 Å². The lowest BCUT2D eigenvalue weighted by molar-refractivity contribution is 0.457. The van der Waals surface area contributed by atoms with E-state index in [1.54, 1.807) is 6.20 Å². The van der Waals surface area contributed by atoms with Crippen LogP contribution in [0.3, 0.4) is 0 Å². The van der Waals surface area contributed by atoms with Gasteiger partial charge in [0.2, 0.25) is 0 Å². The average molecular weight is 304 g/mol. The Morgan fingerprint density at radius 2 is 2.00 bits per heavy atom. The van der Waals surface area contributed by atoms with E-state index in [0.717, 1.165) is 32.0 Å². The van der Waals surface area contributed by atoms with E-state index in [-0.39, 0.29) is 0 Å². The summed E-state index contributed by atoms with van der Waals surface area (Å²) >= 11 is 2.36. The van der Waals surface area contributed by atoms with Gasteiger partial charge in [-0.25, -0.2) is 3.11 Å². The van der Waals surface area contributed by atoms with E-state index < -0.39 is 0 Å². The molecule has 0 bridgehead atoms. The highest BCUT2D eigenvalue weighted by atomic mass is 127. The molecule has 4 nitrogen and oxygen atoms in total. The molecule has 1 aliphatic rings. The fourth-order valence-electron chi connectivity index (χ4n) is 1.51. The van der Waals surface area contributed by atoms with Gasteiger partial charge < -0.3 is 4.90 Å². The van der Waals surface area contributed by atoms with E-state index in [4.69, 9.17) is 0 Å². The monoisotopic (exact) mass is 304 g/mol. The van der Waals surface area contributed by atoms with E-state index in [0.29, 0.717) is 0 Å². The number of hydrogen-bond acceptors (Lipinski definition) is 4. The third-order valence-electron chi connectivity index (χ3n) is 2.33. The van der Waals surface area contributed by atoms with Crippen molar-refractivity contribution in [1.29, 1.82) is 0 Å². The van der Waals surface area contributed by atoms with Gasteiger partial charge in [-0.05, 0) is 18.6 Å². The van der Waals surface area contributed by atoms with Crippen LogP contribution < -0.4 is 4.90 Å². The molecular formula is C9H13IN4. The van der Waals surface area contributed by atoms with Crippen molar-refractivity contribution in [3.63, 3.8) is 0 Å². The first-order chi connectivity index (χ1) is 6.75. The second-order valence-electron chi connectivity index (χ2n) is 3.49. The number of rotatable bonds is 1. The highest BCUT2D eigenvalue weighted by Crippen LogP contribution is 2.14. The van der Waals surface area contributed by atoms with Crippen molar-refractivity contribution >= 4 is 28.7 Å². The van der Waals surface area contributed by atoms with Crippen molar-refractivity contribution in [2.45, 2.75) is 6.92 Å². The normalized spacial score (nSPS) is 18.6. The molecule has 0 radical (unpaired) electrons. The van der Waals surface area contributed by atoms with Crippen LogP contribution in [0.5, 0.6) is 0 Å². The van der Waals surface area contributed by atoms with Gasteiger partial charge in [0.25, 0.3) is 0 Å². The highest BCUT2D eigenvalue weighted by Gasteiger charge is 2.16. The first-order valence-corrected chi connectivity index (χ1v) is 5.67. The molecule has 1 aliphatic heterocycles. The maximum absolute atomic E-state index is 4.14. The molecule has 0 N–H and O–H groups in total. The van der Waals surface area contributed by atoms with Crippen LogP contribution in [0.15, 0.2) is 12.3 Å². The molecule has 0 aromatic carbocycles. The van der Waals surface area contributed by atoms with Crippen molar-refractivity contribution in [2.75, 3.05) is 31.1 Å². The average Bonchev–Trinajstić information content (AvgIpc) is 2.19. The second kappa shape index (κ2) is 4.39. The van der Waals surface area contributed by atoms with Crippen LogP contribution in [0.2, 0.25) is 0 Å². The maximum Gasteiger partial charge on any atom is 0.151 e. The summed E-state index contributed by atoms with van der Waals surface area (Å²) in [5.74, 6) is 1.01. The van der Waals surface area contributed by atoms with Crippen LogP contribution in [0, 0.1) is 6.92 Å². The highest BCUT2D eigenvalue weighted by molar-refractivity contribution is 14.1. The molecule has 0 atom stereocenters. The van der Waals surface area contributed by atoms with Crippen LogP contribution in [0.25, 0.3) is 0 Å².